The average Bonchev–Trinajstić information content (AvgIpc) is 4.33. The van der Waals surface area contributed by atoms with Gasteiger partial charge in [-0.25, -0.2) is 0 Å². The Bertz CT molecular complexity index is 4600. The molecule has 1 unspecified atom stereocenters. The largest absolute Gasteiger partial charge is 0.310 e. The Hall–Kier alpha value is -9.96. The molecular weight excluding hydrogens is 919 g/mol. The number of fused-ring (bicyclic) bond motifs is 15. The Kier molecular flexibility index (Phi) is 9.25. The van der Waals surface area contributed by atoms with Gasteiger partial charge in [0.2, 0.25) is 0 Å². The molecule has 1 atom stereocenters. The van der Waals surface area contributed by atoms with Gasteiger partial charge in [0, 0.05) is 44.2 Å². The molecule has 0 fully saturated rings. The lowest BCUT2D eigenvalue weighted by Crippen LogP contribution is -2.33. The van der Waals surface area contributed by atoms with Gasteiger partial charge in [-0.05, 0) is 128 Å². The molecule has 14 aromatic rings. The van der Waals surface area contributed by atoms with Crippen LogP contribution in [0.1, 0.15) is 22.3 Å². The summed E-state index contributed by atoms with van der Waals surface area (Å²) in [4.78, 5) is 2.48. The van der Waals surface area contributed by atoms with Gasteiger partial charge in [-0.1, -0.05) is 218 Å². The van der Waals surface area contributed by atoms with Crippen LogP contribution < -0.4 is 4.90 Å². The molecule has 16 rings (SSSR count). The summed E-state index contributed by atoms with van der Waals surface area (Å²) in [6.07, 6.45) is 0. The van der Waals surface area contributed by atoms with Crippen LogP contribution in [-0.2, 0) is 5.41 Å². The average molecular weight is 966 g/mol. The molecule has 3 nitrogen and oxygen atoms in total. The summed E-state index contributed by atoms with van der Waals surface area (Å²) in [7, 11) is 0. The fourth-order valence-electron chi connectivity index (χ4n) is 13.4. The van der Waals surface area contributed by atoms with E-state index in [0.717, 1.165) is 39.4 Å². The van der Waals surface area contributed by atoms with Crippen LogP contribution >= 0.6 is 0 Å². The van der Waals surface area contributed by atoms with Crippen molar-refractivity contribution >= 4 is 60.7 Å². The monoisotopic (exact) mass is 965 g/mol. The van der Waals surface area contributed by atoms with E-state index < -0.39 is 5.41 Å². The number of hydrogen-bond acceptors (Lipinski definition) is 1. The van der Waals surface area contributed by atoms with Crippen molar-refractivity contribution in [1.82, 2.24) is 9.13 Å². The molecule has 1 aliphatic carbocycles. The van der Waals surface area contributed by atoms with Crippen molar-refractivity contribution in [2.24, 2.45) is 0 Å². The molecular formula is C73H47N3. The summed E-state index contributed by atoms with van der Waals surface area (Å²) in [6, 6.07) is 106. The minimum atomic E-state index is -0.544. The van der Waals surface area contributed by atoms with E-state index in [0.29, 0.717) is 0 Å². The van der Waals surface area contributed by atoms with Crippen molar-refractivity contribution in [3.8, 4) is 55.9 Å². The third kappa shape index (κ3) is 5.99. The first-order valence-corrected chi connectivity index (χ1v) is 26.3. The van der Waals surface area contributed by atoms with E-state index in [1.165, 1.54) is 99.4 Å². The molecule has 12 aromatic carbocycles. The fourth-order valence-corrected chi connectivity index (χ4v) is 13.4. The van der Waals surface area contributed by atoms with Gasteiger partial charge in [-0.2, -0.15) is 0 Å². The van der Waals surface area contributed by atoms with Crippen molar-refractivity contribution in [3.05, 3.63) is 307 Å². The molecule has 0 amide bonds. The van der Waals surface area contributed by atoms with Crippen LogP contribution in [0.4, 0.5) is 17.1 Å². The molecule has 2 aliphatic rings. The molecule has 1 aliphatic heterocycles. The van der Waals surface area contributed by atoms with Crippen molar-refractivity contribution in [1.29, 1.82) is 0 Å². The van der Waals surface area contributed by atoms with Gasteiger partial charge < -0.3 is 14.0 Å². The number of rotatable bonds is 7. The maximum Gasteiger partial charge on any atom is 0.0754 e. The topological polar surface area (TPSA) is 13.1 Å². The van der Waals surface area contributed by atoms with Crippen molar-refractivity contribution in [2.45, 2.75) is 5.41 Å². The van der Waals surface area contributed by atoms with Crippen LogP contribution in [-0.4, -0.2) is 9.13 Å². The second kappa shape index (κ2) is 16.5. The molecule has 76 heavy (non-hydrogen) atoms. The molecule has 3 heteroatoms. The number of anilines is 3. The zero-order valence-electron chi connectivity index (χ0n) is 41.5. The molecule has 0 N–H and O–H groups in total. The normalized spacial score (nSPS) is 14.1. The van der Waals surface area contributed by atoms with Crippen molar-refractivity contribution < 1.29 is 0 Å². The van der Waals surface area contributed by atoms with E-state index in [4.69, 9.17) is 0 Å². The summed E-state index contributed by atoms with van der Waals surface area (Å²) in [5, 5.41) is 5.08. The number of aromatic nitrogens is 2. The Morgan fingerprint density at radius 3 is 1.57 bits per heavy atom. The number of hydrogen-bond donors (Lipinski definition) is 0. The maximum absolute atomic E-state index is 2.52. The second-order valence-corrected chi connectivity index (χ2v) is 20.3. The van der Waals surface area contributed by atoms with Gasteiger partial charge in [-0.15, -0.1) is 0 Å². The highest BCUT2D eigenvalue weighted by atomic mass is 15.1. The van der Waals surface area contributed by atoms with Crippen molar-refractivity contribution in [2.75, 3.05) is 4.90 Å². The number of benzene rings is 12. The highest BCUT2D eigenvalue weighted by molar-refractivity contribution is 6.13. The fraction of sp³-hybridized carbons (Fsp3) is 0.0137. The van der Waals surface area contributed by atoms with E-state index in [1.807, 2.05) is 0 Å². The standard InChI is InChI=1S/C73H47N3/c1-2-20-49(21-3-1)54-24-4-5-25-55(54)57-27-7-13-35-67(57)74(51-42-40-48(41-43-51)50-22-18-23-52(46-50)75-68-36-14-8-28-58(68)59-29-9-15-37-69(59)75)53-44-45-64-62(47-53)56-26-6-11-32-63(56)73(64)65-33-12-17-39-71(65)76-70-38-16-10-30-60(70)61-31-19-34-66(73)72(61)76/h1-47H. The smallest absolute Gasteiger partial charge is 0.0754 e. The molecule has 0 bridgehead atoms. The van der Waals surface area contributed by atoms with Crippen molar-refractivity contribution in [3.63, 3.8) is 0 Å². The minimum absolute atomic E-state index is 0.544. The Morgan fingerprint density at radius 1 is 0.276 bits per heavy atom. The summed E-state index contributed by atoms with van der Waals surface area (Å²) in [5.41, 5.74) is 24.8. The third-order valence-electron chi connectivity index (χ3n) is 16.5. The van der Waals surface area contributed by atoms with E-state index in [2.05, 4.69) is 299 Å². The molecule has 1 spiro atoms. The number of nitrogens with zero attached hydrogens (tertiary/aromatic N) is 3. The molecule has 0 radical (unpaired) electrons. The molecule has 354 valence electrons. The summed E-state index contributed by atoms with van der Waals surface area (Å²) in [6.45, 7) is 0. The first-order chi connectivity index (χ1) is 37.7. The molecule has 3 heterocycles. The minimum Gasteiger partial charge on any atom is -0.310 e. The Morgan fingerprint density at radius 2 is 0.803 bits per heavy atom. The summed E-state index contributed by atoms with van der Waals surface area (Å²) in [5.74, 6) is 0. The van der Waals surface area contributed by atoms with E-state index >= 15 is 0 Å². The molecule has 0 saturated carbocycles. The summed E-state index contributed by atoms with van der Waals surface area (Å²) < 4.78 is 4.92. The first-order valence-electron chi connectivity index (χ1n) is 26.3. The van der Waals surface area contributed by atoms with Crippen LogP contribution in [0.15, 0.2) is 285 Å². The number of para-hydroxylation sites is 6. The van der Waals surface area contributed by atoms with Gasteiger partial charge in [-0.3, -0.25) is 0 Å². The predicted molar refractivity (Wildman–Crippen MR) is 317 cm³/mol. The zero-order chi connectivity index (χ0) is 49.9. The highest BCUT2D eigenvalue weighted by Gasteiger charge is 2.51. The first kappa shape index (κ1) is 42.5. The summed E-state index contributed by atoms with van der Waals surface area (Å²) >= 11 is 0. The Balaban J connectivity index is 0.898. The molecule has 2 aromatic heterocycles. The van der Waals surface area contributed by atoms with E-state index in [-0.39, 0.29) is 0 Å². The van der Waals surface area contributed by atoms with Gasteiger partial charge in [0.25, 0.3) is 0 Å². The van der Waals surface area contributed by atoms with Gasteiger partial charge in [0.15, 0.2) is 0 Å². The quantitative estimate of drug-likeness (QED) is 0.155. The lowest BCUT2D eigenvalue weighted by molar-refractivity contribution is 0.748. The second-order valence-electron chi connectivity index (χ2n) is 20.3. The van der Waals surface area contributed by atoms with Gasteiger partial charge >= 0.3 is 0 Å². The lowest BCUT2D eigenvalue weighted by Gasteiger charge is -2.39. The third-order valence-corrected chi connectivity index (χ3v) is 16.5. The van der Waals surface area contributed by atoms with Gasteiger partial charge in [0.1, 0.15) is 0 Å². The Labute approximate surface area is 441 Å². The maximum atomic E-state index is 2.52. The van der Waals surface area contributed by atoms with Crippen LogP contribution in [0, 0.1) is 0 Å². The van der Waals surface area contributed by atoms with Crippen LogP contribution in [0.5, 0.6) is 0 Å². The highest BCUT2D eigenvalue weighted by Crippen LogP contribution is 2.62. The molecule has 0 saturated heterocycles. The lowest BCUT2D eigenvalue weighted by atomic mass is 9.65. The van der Waals surface area contributed by atoms with E-state index in [1.54, 1.807) is 0 Å². The van der Waals surface area contributed by atoms with E-state index in [9.17, 15) is 0 Å². The van der Waals surface area contributed by atoms with Crippen LogP contribution in [0.25, 0.3) is 99.5 Å². The SMILES string of the molecule is c1ccc(-c2ccccc2-c2ccccc2N(c2ccc(-c3cccc(-n4c5ccccc5c5ccccc54)c3)cc2)c2ccc3c(c2)-c2ccccc2C32c3ccccc3-n3c4ccccc4c4cccc2c43)cc1. The zero-order valence-corrected chi connectivity index (χ0v) is 41.5. The predicted octanol–water partition coefficient (Wildman–Crippen LogP) is 19.0. The van der Waals surface area contributed by atoms with Crippen LogP contribution in [0.3, 0.4) is 0 Å². The van der Waals surface area contributed by atoms with Gasteiger partial charge in [0.05, 0.1) is 38.9 Å². The van der Waals surface area contributed by atoms with Crippen LogP contribution in [0.2, 0.25) is 0 Å².